The molecule has 0 aromatic carbocycles. The summed E-state index contributed by atoms with van der Waals surface area (Å²) in [4.78, 5) is 23.4. The summed E-state index contributed by atoms with van der Waals surface area (Å²) in [5.74, 6) is -0.103. The predicted octanol–water partition coefficient (Wildman–Crippen LogP) is 1.31. The maximum Gasteiger partial charge on any atom is 0.274 e. The second-order valence-electron chi connectivity index (χ2n) is 8.59. The summed E-state index contributed by atoms with van der Waals surface area (Å²) in [6.07, 6.45) is 0. The number of amides is 1. The molecule has 41 heavy (non-hydrogen) atoms. The molecular formula is C26H44Br2N4O9. The second-order valence-corrected chi connectivity index (χ2v) is 9.72. The van der Waals surface area contributed by atoms with Crippen LogP contribution >= 0.6 is 31.9 Å². The number of aromatic nitrogens is 2. The van der Waals surface area contributed by atoms with Gasteiger partial charge in [0.05, 0.1) is 129 Å². The van der Waals surface area contributed by atoms with E-state index in [0.717, 1.165) is 17.1 Å². The molecule has 0 spiro atoms. The highest BCUT2D eigenvalue weighted by Gasteiger charge is 2.31. The van der Waals surface area contributed by atoms with Gasteiger partial charge in [-0.15, -0.1) is 0 Å². The van der Waals surface area contributed by atoms with Crippen molar-refractivity contribution in [3.05, 3.63) is 22.8 Å². The highest BCUT2D eigenvalue weighted by Crippen LogP contribution is 2.22. The van der Waals surface area contributed by atoms with Gasteiger partial charge in [-0.2, -0.15) is 0 Å². The zero-order valence-electron chi connectivity index (χ0n) is 23.7. The molecule has 1 aromatic heterocycles. The van der Waals surface area contributed by atoms with E-state index < -0.39 is 0 Å². The zero-order chi connectivity index (χ0) is 29.4. The monoisotopic (exact) mass is 714 g/mol. The van der Waals surface area contributed by atoms with E-state index in [1.807, 2.05) is 0 Å². The molecular weight excluding hydrogens is 672 g/mol. The van der Waals surface area contributed by atoms with Crippen LogP contribution in [0.2, 0.25) is 0 Å². The summed E-state index contributed by atoms with van der Waals surface area (Å²) in [6, 6.07) is 0. The van der Waals surface area contributed by atoms with Crippen molar-refractivity contribution in [2.45, 2.75) is 17.2 Å². The molecule has 0 radical (unpaired) electrons. The molecule has 13 nitrogen and oxygen atoms in total. The average Bonchev–Trinajstić information content (AvgIpc) is 3.30. The first kappa shape index (κ1) is 36.3. The smallest absolute Gasteiger partial charge is 0.274 e. The summed E-state index contributed by atoms with van der Waals surface area (Å²) in [5, 5.41) is 1.16. The van der Waals surface area contributed by atoms with E-state index >= 15 is 0 Å². The maximum absolute atomic E-state index is 12.6. The van der Waals surface area contributed by atoms with Crippen molar-refractivity contribution in [1.82, 2.24) is 14.9 Å². The number of nitrogens with two attached hydrogens (primary N) is 1. The van der Waals surface area contributed by atoms with Crippen LogP contribution < -0.4 is 5.73 Å². The minimum absolute atomic E-state index is 0.103. The van der Waals surface area contributed by atoms with E-state index in [1.54, 1.807) is 4.90 Å². The summed E-state index contributed by atoms with van der Waals surface area (Å²) in [7, 11) is 0. The predicted molar refractivity (Wildman–Crippen MR) is 158 cm³/mol. The Morgan fingerprint density at radius 1 is 0.585 bits per heavy atom. The third kappa shape index (κ3) is 16.0. The van der Waals surface area contributed by atoms with Crippen molar-refractivity contribution in [2.75, 3.05) is 119 Å². The lowest BCUT2D eigenvalue weighted by molar-refractivity contribution is -0.0232. The number of carbonyl (C=O) groups excluding carboxylic acids is 1. The van der Waals surface area contributed by atoms with E-state index in [1.165, 1.54) is 0 Å². The Hall–Kier alpha value is -0.850. The lowest BCUT2D eigenvalue weighted by Gasteiger charge is -2.14. The molecule has 0 saturated heterocycles. The summed E-state index contributed by atoms with van der Waals surface area (Å²) < 4.78 is 43.5. The van der Waals surface area contributed by atoms with Gasteiger partial charge in [-0.25, -0.2) is 4.98 Å². The molecule has 1 aliphatic rings. The number of alkyl halides is 2. The first-order valence-electron chi connectivity index (χ1n) is 13.8. The van der Waals surface area contributed by atoms with Crippen LogP contribution in [0.25, 0.3) is 0 Å². The molecule has 1 amide bonds. The number of halogens is 2. The lowest BCUT2D eigenvalue weighted by Crippen LogP contribution is -2.28. The molecule has 2 rings (SSSR count). The summed E-state index contributed by atoms with van der Waals surface area (Å²) in [6.45, 7) is 9.44. The molecule has 15 heteroatoms. The van der Waals surface area contributed by atoms with Gasteiger partial charge in [0.2, 0.25) is 0 Å². The molecule has 0 aliphatic carbocycles. The summed E-state index contributed by atoms with van der Waals surface area (Å²) in [5.41, 5.74) is 8.11. The Labute approximate surface area is 259 Å². The highest BCUT2D eigenvalue weighted by molar-refractivity contribution is 9.09. The Balaban J connectivity index is 1.29. The zero-order valence-corrected chi connectivity index (χ0v) is 26.9. The third-order valence-electron chi connectivity index (χ3n) is 5.58. The Bertz CT molecular complexity index is 829. The van der Waals surface area contributed by atoms with Crippen molar-refractivity contribution in [3.63, 3.8) is 0 Å². The number of hydrogen-bond donors (Lipinski definition) is 1. The third-order valence-corrected chi connectivity index (χ3v) is 6.64. The van der Waals surface area contributed by atoms with Crippen LogP contribution in [0.5, 0.6) is 0 Å². The van der Waals surface area contributed by atoms with Gasteiger partial charge in [0.1, 0.15) is 0 Å². The molecule has 0 atom stereocenters. The van der Waals surface area contributed by atoms with Gasteiger partial charge in [0.15, 0.2) is 5.69 Å². The minimum Gasteiger partial charge on any atom is -0.378 e. The number of fused-ring (bicyclic) bond motifs is 1. The van der Waals surface area contributed by atoms with Gasteiger partial charge < -0.3 is 48.5 Å². The summed E-state index contributed by atoms with van der Waals surface area (Å²) >= 11 is 6.83. The van der Waals surface area contributed by atoms with Gasteiger partial charge in [-0.3, -0.25) is 9.78 Å². The van der Waals surface area contributed by atoms with Crippen LogP contribution in [0.1, 0.15) is 27.6 Å². The fraction of sp³-hybridized carbons (Fsp3) is 0.808. The number of hydrogen-bond acceptors (Lipinski definition) is 12. The van der Waals surface area contributed by atoms with E-state index in [4.69, 9.17) is 43.6 Å². The Kier molecular flexibility index (Phi) is 21.8. The molecule has 0 fully saturated rings. The van der Waals surface area contributed by atoms with E-state index in [0.29, 0.717) is 142 Å². The van der Waals surface area contributed by atoms with Crippen LogP contribution in [0.4, 0.5) is 0 Å². The van der Waals surface area contributed by atoms with Crippen LogP contribution in [-0.4, -0.2) is 140 Å². The fourth-order valence-electron chi connectivity index (χ4n) is 3.52. The van der Waals surface area contributed by atoms with Crippen LogP contribution in [-0.2, 0) is 55.1 Å². The molecule has 0 saturated carbocycles. The fourth-order valence-corrected chi connectivity index (χ4v) is 4.42. The van der Waals surface area contributed by atoms with E-state index in [-0.39, 0.29) is 5.91 Å². The van der Waals surface area contributed by atoms with Crippen LogP contribution in [0.3, 0.4) is 0 Å². The molecule has 1 aliphatic heterocycles. The van der Waals surface area contributed by atoms with Gasteiger partial charge in [-0.1, -0.05) is 31.9 Å². The SMILES string of the molecule is NCCOCCOCCOCCOCCOCCOCCOCCOCCN1Cc2nc(CBr)c(CBr)nc2C1=O. The number of nitrogens with zero attached hydrogens (tertiary/aromatic N) is 3. The Morgan fingerprint density at radius 2 is 0.951 bits per heavy atom. The number of rotatable bonds is 28. The molecule has 1 aromatic rings. The number of ether oxygens (including phenoxy) is 8. The first-order chi connectivity index (χ1) is 20.2. The van der Waals surface area contributed by atoms with Gasteiger partial charge >= 0.3 is 0 Å². The van der Waals surface area contributed by atoms with Crippen molar-refractivity contribution < 1.29 is 42.7 Å². The van der Waals surface area contributed by atoms with Crippen molar-refractivity contribution in [3.8, 4) is 0 Å². The molecule has 0 unspecified atom stereocenters. The molecule has 0 bridgehead atoms. The van der Waals surface area contributed by atoms with E-state index in [2.05, 4.69) is 41.8 Å². The molecule has 2 heterocycles. The number of carbonyl (C=O) groups is 1. The molecule has 236 valence electrons. The normalized spacial score (nSPS) is 13.0. The van der Waals surface area contributed by atoms with E-state index in [9.17, 15) is 4.79 Å². The highest BCUT2D eigenvalue weighted by atomic mass is 79.9. The van der Waals surface area contributed by atoms with Crippen molar-refractivity contribution in [1.29, 1.82) is 0 Å². The quantitative estimate of drug-likeness (QED) is 0.0987. The van der Waals surface area contributed by atoms with Gasteiger partial charge in [0.25, 0.3) is 5.91 Å². The first-order valence-corrected chi connectivity index (χ1v) is 16.1. The second kappa shape index (κ2) is 24.6. The van der Waals surface area contributed by atoms with Gasteiger partial charge in [0, 0.05) is 23.7 Å². The largest absolute Gasteiger partial charge is 0.378 e. The van der Waals surface area contributed by atoms with Crippen molar-refractivity contribution in [2.24, 2.45) is 5.73 Å². The average molecular weight is 716 g/mol. The lowest BCUT2D eigenvalue weighted by atomic mass is 10.3. The van der Waals surface area contributed by atoms with Crippen LogP contribution in [0, 0.1) is 0 Å². The standard InChI is InChI=1S/C26H44Br2N4O9/c27-19-22-23(20-28)31-25-24(30-22)21-32(26(25)33)2-4-35-6-8-37-10-12-39-14-16-41-18-17-40-15-13-38-11-9-36-7-5-34-3-1-29/h1-21,29H2. The molecule has 2 N–H and O–H groups in total. The van der Waals surface area contributed by atoms with Gasteiger partial charge in [-0.05, 0) is 0 Å². The topological polar surface area (TPSA) is 146 Å². The minimum atomic E-state index is -0.103. The van der Waals surface area contributed by atoms with Crippen molar-refractivity contribution >= 4 is 37.8 Å². The van der Waals surface area contributed by atoms with Crippen LogP contribution in [0.15, 0.2) is 0 Å². The Morgan fingerprint density at radius 3 is 1.34 bits per heavy atom. The maximum atomic E-state index is 12.6.